The van der Waals surface area contributed by atoms with Gasteiger partial charge in [0.05, 0.1) is 13.7 Å². The van der Waals surface area contributed by atoms with E-state index in [1.807, 2.05) is 42.5 Å². The minimum absolute atomic E-state index is 0.0359. The highest BCUT2D eigenvalue weighted by Crippen LogP contribution is 2.43. The lowest BCUT2D eigenvalue weighted by Crippen LogP contribution is -2.00. The van der Waals surface area contributed by atoms with Crippen LogP contribution in [-0.4, -0.2) is 15.0 Å². The molecule has 6 aromatic carbocycles. The molecule has 0 atom stereocenters. The molecule has 9 aromatic rings. The third-order valence-corrected chi connectivity index (χ3v) is 8.75. The van der Waals surface area contributed by atoms with E-state index in [4.69, 9.17) is 18.1 Å². The van der Waals surface area contributed by atoms with Crippen molar-refractivity contribution in [3.63, 3.8) is 0 Å². The number of fused-ring (bicyclic) bond motifs is 6. The monoisotopic (exact) mass is 591 g/mol. The molecule has 0 spiro atoms. The zero-order valence-electron chi connectivity index (χ0n) is 32.7. The highest BCUT2D eigenvalue weighted by atomic mass is 32.1. The van der Waals surface area contributed by atoms with Crippen LogP contribution in [0.5, 0.6) is 0 Å². The lowest BCUT2D eigenvalue weighted by atomic mass is 10.00. The molecule has 0 saturated heterocycles. The second-order valence-electron chi connectivity index (χ2n) is 10.1. The van der Waals surface area contributed by atoms with E-state index >= 15 is 0 Å². The Morgan fingerprint density at radius 3 is 1.86 bits per heavy atom. The van der Waals surface area contributed by atoms with Gasteiger partial charge in [-0.15, -0.1) is 11.3 Å². The minimum Gasteiger partial charge on any atom is -0.455 e. The summed E-state index contributed by atoms with van der Waals surface area (Å²) >= 11 is 1.72. The van der Waals surface area contributed by atoms with Gasteiger partial charge in [-0.2, -0.15) is 0 Å². The third-order valence-electron chi connectivity index (χ3n) is 7.53. The van der Waals surface area contributed by atoms with Crippen molar-refractivity contribution in [1.82, 2.24) is 15.0 Å². The number of hydrogen-bond acceptors (Lipinski definition) is 5. The number of aromatic nitrogens is 3. The summed E-state index contributed by atoms with van der Waals surface area (Å²) < 4.78 is 92.4. The molecule has 44 heavy (non-hydrogen) atoms. The number of para-hydroxylation sites is 1. The summed E-state index contributed by atoms with van der Waals surface area (Å²) in [7, 11) is 0. The summed E-state index contributed by atoms with van der Waals surface area (Å²) in [6, 6.07) is 19.9. The van der Waals surface area contributed by atoms with Gasteiger partial charge >= 0.3 is 0 Å². The lowest BCUT2D eigenvalue weighted by Gasteiger charge is -2.08. The molecule has 3 aromatic heterocycles. The van der Waals surface area contributed by atoms with E-state index in [9.17, 15) is 0 Å². The van der Waals surface area contributed by atoms with E-state index in [0.29, 0.717) is 16.7 Å². The predicted octanol–water partition coefficient (Wildman–Crippen LogP) is 10.8. The van der Waals surface area contributed by atoms with E-state index in [2.05, 4.69) is 39.2 Å². The van der Waals surface area contributed by atoms with Gasteiger partial charge in [-0.25, -0.2) is 15.0 Å². The number of rotatable bonds is 4. The molecule has 0 aliphatic heterocycles. The molecule has 5 heteroatoms. The summed E-state index contributed by atoms with van der Waals surface area (Å²) in [6.07, 6.45) is 0. The van der Waals surface area contributed by atoms with Gasteiger partial charge in [0, 0.05) is 58.8 Å². The number of hydrogen-bond donors (Lipinski definition) is 0. The second kappa shape index (κ2) is 9.97. The smallest absolute Gasteiger partial charge is 0.164 e. The molecule has 0 aliphatic rings. The average Bonchev–Trinajstić information content (AvgIpc) is 3.76. The zero-order valence-corrected chi connectivity index (χ0v) is 23.5. The Hall–Kier alpha value is -5.65. The highest BCUT2D eigenvalue weighted by Gasteiger charge is 2.18. The number of nitrogens with zero attached hydrogens (tertiary/aromatic N) is 3. The summed E-state index contributed by atoms with van der Waals surface area (Å²) in [5, 5.41) is 4.03. The molecule has 0 fully saturated rings. The molecule has 4 nitrogen and oxygen atoms in total. The average molecular weight is 592 g/mol. The van der Waals surface area contributed by atoms with Crippen LogP contribution in [0.2, 0.25) is 0 Å². The first-order valence-corrected chi connectivity index (χ1v) is 14.5. The standard InChI is InChI=1S/C39H23N3OS/c1-3-11-24(12-4-1)37-40-38(25-13-5-2-6-14-25)42-39(41-37)26-21-22-27-29-16-9-17-30(35(29)43-33(27)23-26)32-19-10-18-31-28-15-7-8-20-34(28)44-36(31)32/h1-23H/i1D,2D,3D,4D,5D,6D,11D,12D,13D,14D. The van der Waals surface area contributed by atoms with Gasteiger partial charge in [-0.1, -0.05) is 121 Å². The SMILES string of the molecule is [2H]c1c([2H])c([2H])c(-c2nc(-c3ccc4c(c3)oc3c(-c5cccc6c5sc5ccccc56)cccc34)nc(-c3c([2H])c([2H])c([2H])c([2H])c3[2H])n2)c([2H])c1[2H]. The molecule has 0 saturated carbocycles. The van der Waals surface area contributed by atoms with Crippen LogP contribution in [0.4, 0.5) is 0 Å². The van der Waals surface area contributed by atoms with Gasteiger partial charge in [0.2, 0.25) is 0 Å². The fraction of sp³-hybridized carbons (Fsp3) is 0. The molecule has 206 valence electrons. The molecule has 0 aliphatic carbocycles. The molecule has 3 heterocycles. The van der Waals surface area contributed by atoms with Crippen molar-refractivity contribution in [2.45, 2.75) is 0 Å². The lowest BCUT2D eigenvalue weighted by molar-refractivity contribution is 0.670. The van der Waals surface area contributed by atoms with Crippen molar-refractivity contribution >= 4 is 53.4 Å². The molecule has 0 N–H and O–H groups in total. The largest absolute Gasteiger partial charge is 0.455 e. The molecular formula is C39H23N3OS. The van der Waals surface area contributed by atoms with Gasteiger partial charge in [0.1, 0.15) is 11.2 Å². The van der Waals surface area contributed by atoms with Crippen LogP contribution in [0.25, 0.3) is 87.4 Å². The first kappa shape index (κ1) is 16.8. The Kier molecular flexibility index (Phi) is 3.82. The number of benzene rings is 6. The van der Waals surface area contributed by atoms with Crippen molar-refractivity contribution in [3.8, 4) is 45.3 Å². The second-order valence-corrected chi connectivity index (χ2v) is 11.1. The van der Waals surface area contributed by atoms with Gasteiger partial charge in [0.25, 0.3) is 0 Å². The van der Waals surface area contributed by atoms with E-state index < -0.39 is 60.4 Å². The van der Waals surface area contributed by atoms with Crippen LogP contribution in [0, 0.1) is 0 Å². The summed E-state index contributed by atoms with van der Waals surface area (Å²) in [6.45, 7) is 0. The van der Waals surface area contributed by atoms with Crippen molar-refractivity contribution in [3.05, 3.63) is 139 Å². The first-order valence-electron chi connectivity index (χ1n) is 18.7. The summed E-state index contributed by atoms with van der Waals surface area (Å²) in [4.78, 5) is 13.5. The van der Waals surface area contributed by atoms with Gasteiger partial charge in [-0.3, -0.25) is 0 Å². The van der Waals surface area contributed by atoms with E-state index in [0.717, 1.165) is 32.0 Å². The van der Waals surface area contributed by atoms with Crippen LogP contribution in [0.3, 0.4) is 0 Å². The molecule has 0 amide bonds. The van der Waals surface area contributed by atoms with Crippen LogP contribution in [-0.2, 0) is 0 Å². The van der Waals surface area contributed by atoms with Crippen molar-refractivity contribution < 1.29 is 18.1 Å². The van der Waals surface area contributed by atoms with E-state index in [1.54, 1.807) is 23.5 Å². The highest BCUT2D eigenvalue weighted by molar-refractivity contribution is 7.26. The van der Waals surface area contributed by atoms with E-state index in [1.165, 1.54) is 10.1 Å². The molecular weight excluding hydrogens is 559 g/mol. The topological polar surface area (TPSA) is 51.8 Å². The number of furan rings is 1. The maximum Gasteiger partial charge on any atom is 0.164 e. The zero-order chi connectivity index (χ0) is 37.7. The van der Waals surface area contributed by atoms with Crippen LogP contribution >= 0.6 is 11.3 Å². The van der Waals surface area contributed by atoms with Gasteiger partial charge < -0.3 is 4.42 Å². The fourth-order valence-electron chi connectivity index (χ4n) is 5.56. The summed E-state index contributed by atoms with van der Waals surface area (Å²) in [5.74, 6) is -0.698. The predicted molar refractivity (Wildman–Crippen MR) is 182 cm³/mol. The van der Waals surface area contributed by atoms with Crippen molar-refractivity contribution in [2.24, 2.45) is 0 Å². The maximum absolute atomic E-state index is 8.60. The Morgan fingerprint density at radius 2 is 1.14 bits per heavy atom. The Bertz CT molecular complexity index is 2940. The molecule has 0 radical (unpaired) electrons. The quantitative estimate of drug-likeness (QED) is 0.204. The fourth-order valence-corrected chi connectivity index (χ4v) is 6.79. The summed E-state index contributed by atoms with van der Waals surface area (Å²) in [5.41, 5.74) is 2.83. The third kappa shape index (κ3) is 4.02. The Morgan fingerprint density at radius 1 is 0.523 bits per heavy atom. The molecule has 0 bridgehead atoms. The van der Waals surface area contributed by atoms with Crippen LogP contribution < -0.4 is 0 Å². The van der Waals surface area contributed by atoms with Crippen molar-refractivity contribution in [2.75, 3.05) is 0 Å². The van der Waals surface area contributed by atoms with Crippen LogP contribution in [0.15, 0.2) is 144 Å². The van der Waals surface area contributed by atoms with Crippen LogP contribution in [0.1, 0.15) is 13.7 Å². The Balaban J connectivity index is 1.27. The maximum atomic E-state index is 8.60. The van der Waals surface area contributed by atoms with Gasteiger partial charge in [0.15, 0.2) is 17.5 Å². The van der Waals surface area contributed by atoms with Crippen molar-refractivity contribution in [1.29, 1.82) is 0 Å². The van der Waals surface area contributed by atoms with E-state index in [-0.39, 0.29) is 28.6 Å². The van der Waals surface area contributed by atoms with Gasteiger partial charge in [-0.05, 0) is 18.2 Å². The normalized spacial score (nSPS) is 14.8. The first-order chi connectivity index (χ1) is 25.9. The molecule has 9 rings (SSSR count). The Labute approximate surface area is 271 Å². The number of thiophene rings is 1. The minimum atomic E-state index is -0.608. The molecule has 0 unspecified atom stereocenters.